The Labute approximate surface area is 128 Å². The molecule has 0 aliphatic heterocycles. The van der Waals surface area contributed by atoms with E-state index in [1.807, 2.05) is 39.8 Å². The molecular formula is C17H28N2O2. The first-order chi connectivity index (χ1) is 9.71. The van der Waals surface area contributed by atoms with Gasteiger partial charge in [0.2, 0.25) is 5.91 Å². The molecule has 0 saturated heterocycles. The zero-order valence-corrected chi connectivity index (χ0v) is 14.0. The van der Waals surface area contributed by atoms with E-state index in [0.717, 1.165) is 12.2 Å². The van der Waals surface area contributed by atoms with Crippen molar-refractivity contribution in [2.75, 3.05) is 7.11 Å². The third-order valence-corrected chi connectivity index (χ3v) is 3.13. The zero-order valence-electron chi connectivity index (χ0n) is 14.0. The smallest absolute Gasteiger partial charge is 0.237 e. The molecule has 0 heterocycles. The van der Waals surface area contributed by atoms with E-state index in [1.54, 1.807) is 7.11 Å². The van der Waals surface area contributed by atoms with Crippen LogP contribution in [0.25, 0.3) is 0 Å². The van der Waals surface area contributed by atoms with Crippen LogP contribution in [-0.2, 0) is 11.2 Å². The monoisotopic (exact) mass is 292 g/mol. The number of nitrogens with one attached hydrogen (secondary N) is 2. The van der Waals surface area contributed by atoms with Gasteiger partial charge in [-0.05, 0) is 58.7 Å². The number of amides is 1. The highest BCUT2D eigenvalue weighted by atomic mass is 16.5. The van der Waals surface area contributed by atoms with Crippen molar-refractivity contribution in [3.63, 3.8) is 0 Å². The fraction of sp³-hybridized carbons (Fsp3) is 0.588. The van der Waals surface area contributed by atoms with Gasteiger partial charge in [0.05, 0.1) is 13.2 Å². The molecule has 2 unspecified atom stereocenters. The van der Waals surface area contributed by atoms with E-state index in [4.69, 9.17) is 4.74 Å². The van der Waals surface area contributed by atoms with Crippen molar-refractivity contribution in [1.82, 2.24) is 10.6 Å². The van der Waals surface area contributed by atoms with Gasteiger partial charge in [-0.1, -0.05) is 12.1 Å². The Bertz CT molecular complexity index is 449. The molecule has 4 nitrogen and oxygen atoms in total. The fourth-order valence-electron chi connectivity index (χ4n) is 2.15. The molecule has 0 radical (unpaired) electrons. The van der Waals surface area contributed by atoms with Crippen molar-refractivity contribution in [3.8, 4) is 5.75 Å². The summed E-state index contributed by atoms with van der Waals surface area (Å²) < 4.78 is 5.15. The van der Waals surface area contributed by atoms with Gasteiger partial charge in [-0.3, -0.25) is 4.79 Å². The number of carbonyl (C=O) groups excluding carboxylic acids is 1. The molecule has 21 heavy (non-hydrogen) atoms. The maximum Gasteiger partial charge on any atom is 0.237 e. The van der Waals surface area contributed by atoms with Crippen LogP contribution in [0.15, 0.2) is 24.3 Å². The van der Waals surface area contributed by atoms with Crippen molar-refractivity contribution in [1.29, 1.82) is 0 Å². The molecule has 0 aromatic heterocycles. The van der Waals surface area contributed by atoms with Gasteiger partial charge < -0.3 is 15.4 Å². The Balaban J connectivity index is 2.48. The molecule has 1 rings (SSSR count). The molecule has 2 N–H and O–H groups in total. The van der Waals surface area contributed by atoms with Gasteiger partial charge in [0.15, 0.2) is 0 Å². The van der Waals surface area contributed by atoms with E-state index in [2.05, 4.69) is 29.7 Å². The maximum absolute atomic E-state index is 12.0. The van der Waals surface area contributed by atoms with Crippen LogP contribution in [0.2, 0.25) is 0 Å². The maximum atomic E-state index is 12.0. The normalized spacial score (nSPS) is 14.4. The SMILES string of the molecule is COc1ccc(CC(C)NC(C)C(=O)NC(C)(C)C)cc1. The highest BCUT2D eigenvalue weighted by Gasteiger charge is 2.20. The molecule has 1 aromatic carbocycles. The predicted octanol–water partition coefficient (Wildman–Crippen LogP) is 2.52. The topological polar surface area (TPSA) is 50.4 Å². The third kappa shape index (κ3) is 6.63. The van der Waals surface area contributed by atoms with E-state index < -0.39 is 0 Å². The second-order valence-corrected chi connectivity index (χ2v) is 6.58. The Morgan fingerprint density at radius 2 is 1.76 bits per heavy atom. The summed E-state index contributed by atoms with van der Waals surface area (Å²) in [6, 6.07) is 8.03. The van der Waals surface area contributed by atoms with E-state index in [9.17, 15) is 4.79 Å². The van der Waals surface area contributed by atoms with E-state index in [1.165, 1.54) is 5.56 Å². The van der Waals surface area contributed by atoms with Gasteiger partial charge in [-0.15, -0.1) is 0 Å². The summed E-state index contributed by atoms with van der Waals surface area (Å²) in [7, 11) is 1.66. The van der Waals surface area contributed by atoms with Gasteiger partial charge in [0.1, 0.15) is 5.75 Å². The van der Waals surface area contributed by atoms with Crippen LogP contribution in [0.1, 0.15) is 40.2 Å². The molecule has 0 saturated carbocycles. The standard InChI is InChI=1S/C17H28N2O2/c1-12(11-14-7-9-15(21-6)10-8-14)18-13(2)16(20)19-17(3,4)5/h7-10,12-13,18H,11H2,1-6H3,(H,19,20). The van der Waals surface area contributed by atoms with Crippen LogP contribution >= 0.6 is 0 Å². The number of ether oxygens (including phenoxy) is 1. The lowest BCUT2D eigenvalue weighted by Gasteiger charge is -2.25. The summed E-state index contributed by atoms with van der Waals surface area (Å²) in [5.74, 6) is 0.890. The summed E-state index contributed by atoms with van der Waals surface area (Å²) in [5, 5.41) is 6.32. The minimum Gasteiger partial charge on any atom is -0.497 e. The Morgan fingerprint density at radius 1 is 1.19 bits per heavy atom. The molecule has 1 amide bonds. The van der Waals surface area contributed by atoms with Crippen LogP contribution in [0.4, 0.5) is 0 Å². The van der Waals surface area contributed by atoms with Crippen molar-refractivity contribution in [2.24, 2.45) is 0 Å². The summed E-state index contributed by atoms with van der Waals surface area (Å²) in [6.45, 7) is 9.94. The minimum atomic E-state index is -0.211. The zero-order chi connectivity index (χ0) is 16.0. The van der Waals surface area contributed by atoms with Crippen molar-refractivity contribution in [2.45, 2.75) is 58.7 Å². The number of hydrogen-bond acceptors (Lipinski definition) is 3. The second kappa shape index (κ2) is 7.46. The molecule has 0 aliphatic carbocycles. The van der Waals surface area contributed by atoms with Gasteiger partial charge in [-0.25, -0.2) is 0 Å². The van der Waals surface area contributed by atoms with Gasteiger partial charge in [0.25, 0.3) is 0 Å². The quantitative estimate of drug-likeness (QED) is 0.847. The second-order valence-electron chi connectivity index (χ2n) is 6.58. The lowest BCUT2D eigenvalue weighted by molar-refractivity contribution is -0.124. The van der Waals surface area contributed by atoms with Gasteiger partial charge in [-0.2, -0.15) is 0 Å². The van der Waals surface area contributed by atoms with Crippen LogP contribution in [0.5, 0.6) is 5.75 Å². The number of rotatable bonds is 6. The summed E-state index contributed by atoms with van der Waals surface area (Å²) in [4.78, 5) is 12.0. The summed E-state index contributed by atoms with van der Waals surface area (Å²) in [5.41, 5.74) is 1.02. The molecular weight excluding hydrogens is 264 g/mol. The van der Waals surface area contributed by atoms with Crippen molar-refractivity contribution < 1.29 is 9.53 Å². The number of methoxy groups -OCH3 is 1. The van der Waals surface area contributed by atoms with Crippen LogP contribution in [0, 0.1) is 0 Å². The third-order valence-electron chi connectivity index (χ3n) is 3.13. The molecule has 4 heteroatoms. The lowest BCUT2D eigenvalue weighted by Crippen LogP contribution is -2.51. The highest BCUT2D eigenvalue weighted by molar-refractivity contribution is 5.81. The van der Waals surface area contributed by atoms with E-state index in [-0.39, 0.29) is 23.5 Å². The Hall–Kier alpha value is -1.55. The molecule has 0 spiro atoms. The van der Waals surface area contributed by atoms with Crippen molar-refractivity contribution >= 4 is 5.91 Å². The summed E-state index contributed by atoms with van der Waals surface area (Å²) in [6.07, 6.45) is 0.872. The molecule has 118 valence electrons. The molecule has 0 fully saturated rings. The lowest BCUT2D eigenvalue weighted by atomic mass is 10.1. The van der Waals surface area contributed by atoms with E-state index in [0.29, 0.717) is 0 Å². The summed E-state index contributed by atoms with van der Waals surface area (Å²) >= 11 is 0. The number of carbonyl (C=O) groups is 1. The molecule has 2 atom stereocenters. The fourth-order valence-corrected chi connectivity index (χ4v) is 2.15. The number of hydrogen-bond donors (Lipinski definition) is 2. The van der Waals surface area contributed by atoms with Gasteiger partial charge in [0, 0.05) is 11.6 Å². The molecule has 1 aromatic rings. The minimum absolute atomic E-state index is 0.0316. The largest absolute Gasteiger partial charge is 0.497 e. The number of benzene rings is 1. The first kappa shape index (κ1) is 17.5. The van der Waals surface area contributed by atoms with Crippen LogP contribution in [-0.4, -0.2) is 30.6 Å². The predicted molar refractivity (Wildman–Crippen MR) is 86.7 cm³/mol. The van der Waals surface area contributed by atoms with E-state index >= 15 is 0 Å². The Kier molecular flexibility index (Phi) is 6.21. The van der Waals surface area contributed by atoms with Crippen LogP contribution < -0.4 is 15.4 Å². The average Bonchev–Trinajstić information content (AvgIpc) is 2.37. The average molecular weight is 292 g/mol. The first-order valence-corrected chi connectivity index (χ1v) is 7.42. The Morgan fingerprint density at radius 3 is 2.24 bits per heavy atom. The first-order valence-electron chi connectivity index (χ1n) is 7.42. The molecule has 0 bridgehead atoms. The van der Waals surface area contributed by atoms with Crippen LogP contribution in [0.3, 0.4) is 0 Å². The van der Waals surface area contributed by atoms with Gasteiger partial charge >= 0.3 is 0 Å². The molecule has 0 aliphatic rings. The van der Waals surface area contributed by atoms with Crippen molar-refractivity contribution in [3.05, 3.63) is 29.8 Å². The highest BCUT2D eigenvalue weighted by Crippen LogP contribution is 2.12.